The van der Waals surface area contributed by atoms with Crippen LogP contribution in [0.5, 0.6) is 0 Å². The van der Waals surface area contributed by atoms with Crippen LogP contribution in [0.15, 0.2) is 12.3 Å². The summed E-state index contributed by atoms with van der Waals surface area (Å²) in [6.45, 7) is 4.93. The van der Waals surface area contributed by atoms with E-state index >= 15 is 0 Å². The van der Waals surface area contributed by atoms with Gasteiger partial charge >= 0.3 is 0 Å². The Balaban J connectivity index is 1.49. The van der Waals surface area contributed by atoms with Crippen molar-refractivity contribution >= 4 is 11.7 Å². The molecule has 3 atom stereocenters. The van der Waals surface area contributed by atoms with E-state index in [1.165, 1.54) is 0 Å². The second kappa shape index (κ2) is 6.48. The average molecular weight is 359 g/mol. The summed E-state index contributed by atoms with van der Waals surface area (Å²) in [5.41, 5.74) is 0. The molecule has 9 nitrogen and oxygen atoms in total. The number of hydrogen-bond acceptors (Lipinski definition) is 6. The van der Waals surface area contributed by atoms with Crippen LogP contribution in [0.4, 0.5) is 5.82 Å². The molecule has 0 aliphatic carbocycles. The third-order valence-corrected chi connectivity index (χ3v) is 5.37. The minimum absolute atomic E-state index is 0.102. The summed E-state index contributed by atoms with van der Waals surface area (Å²) >= 11 is 0. The molecule has 140 valence electrons. The van der Waals surface area contributed by atoms with Crippen LogP contribution < -0.4 is 10.2 Å². The van der Waals surface area contributed by atoms with Crippen LogP contribution >= 0.6 is 0 Å². The fourth-order valence-electron chi connectivity index (χ4n) is 3.86. The molecule has 4 rings (SSSR count). The Kier molecular flexibility index (Phi) is 4.28. The van der Waals surface area contributed by atoms with Gasteiger partial charge in [0.1, 0.15) is 11.6 Å². The lowest BCUT2D eigenvalue weighted by Crippen LogP contribution is -2.46. The first-order valence-electron chi connectivity index (χ1n) is 9.14. The van der Waals surface area contributed by atoms with Gasteiger partial charge in [0.25, 0.3) is 0 Å². The van der Waals surface area contributed by atoms with Crippen LogP contribution in [0.3, 0.4) is 0 Å². The van der Waals surface area contributed by atoms with E-state index in [4.69, 9.17) is 0 Å². The largest absolute Gasteiger partial charge is 0.371 e. The zero-order chi connectivity index (χ0) is 18.4. The number of nitrogens with zero attached hydrogens (tertiary/aromatic N) is 6. The van der Waals surface area contributed by atoms with Crippen molar-refractivity contribution in [3.8, 4) is 0 Å². The van der Waals surface area contributed by atoms with Crippen molar-refractivity contribution in [2.75, 3.05) is 11.9 Å². The van der Waals surface area contributed by atoms with Gasteiger partial charge in [0.2, 0.25) is 5.91 Å². The molecule has 0 bridgehead atoms. The Hall–Kier alpha value is -2.26. The number of fused-ring (bicyclic) bond motifs is 2. The Bertz CT molecular complexity index is 812. The van der Waals surface area contributed by atoms with Crippen LogP contribution in [0.1, 0.15) is 50.6 Å². The van der Waals surface area contributed by atoms with E-state index in [1.807, 2.05) is 10.7 Å². The number of carbonyl (C=O) groups is 1. The smallest absolute Gasteiger partial charge is 0.245 e. The number of rotatable bonds is 4. The van der Waals surface area contributed by atoms with Crippen LogP contribution in [0.2, 0.25) is 0 Å². The monoisotopic (exact) mass is 359 g/mol. The lowest BCUT2D eigenvalue weighted by molar-refractivity contribution is -0.121. The van der Waals surface area contributed by atoms with Crippen molar-refractivity contribution in [3.05, 3.63) is 23.9 Å². The van der Waals surface area contributed by atoms with Gasteiger partial charge in [-0.3, -0.25) is 15.0 Å². The molecule has 0 spiro atoms. The average Bonchev–Trinajstić information content (AvgIpc) is 3.29. The van der Waals surface area contributed by atoms with E-state index < -0.39 is 12.3 Å². The number of anilines is 1. The van der Waals surface area contributed by atoms with Gasteiger partial charge in [0.15, 0.2) is 12.1 Å². The summed E-state index contributed by atoms with van der Waals surface area (Å²) in [6, 6.07) is 1.61. The first kappa shape index (κ1) is 17.2. The van der Waals surface area contributed by atoms with Crippen molar-refractivity contribution in [1.29, 1.82) is 0 Å². The highest BCUT2D eigenvalue weighted by Gasteiger charge is 2.33. The summed E-state index contributed by atoms with van der Waals surface area (Å²) in [5.74, 6) is 2.37. The topological polar surface area (TPSA) is 101 Å². The molecule has 2 aliphatic rings. The predicted molar refractivity (Wildman–Crippen MR) is 94.4 cm³/mol. The summed E-state index contributed by atoms with van der Waals surface area (Å²) < 4.78 is 3.73. The van der Waals surface area contributed by atoms with Gasteiger partial charge in [-0.25, -0.2) is 14.3 Å². The summed E-state index contributed by atoms with van der Waals surface area (Å²) in [6.07, 6.45) is 3.05. The van der Waals surface area contributed by atoms with Gasteiger partial charge < -0.3 is 5.11 Å². The molecular weight excluding hydrogens is 334 g/mol. The molecule has 0 saturated carbocycles. The summed E-state index contributed by atoms with van der Waals surface area (Å²) in [5, 5.41) is 22.3. The number of aromatic nitrogens is 5. The van der Waals surface area contributed by atoms with Crippen LogP contribution in [0.25, 0.3) is 0 Å². The van der Waals surface area contributed by atoms with Gasteiger partial charge in [-0.1, -0.05) is 13.8 Å². The van der Waals surface area contributed by atoms with Crippen LogP contribution in [-0.4, -0.2) is 48.6 Å². The maximum Gasteiger partial charge on any atom is 0.245 e. The minimum atomic E-state index is -1.08. The SMILES string of the molecule is CC(C)[C@H]1CCc2nc(C(O)N[C@H]3CCn4nccc4N(C)C3=O)nn21. The number of amides is 1. The quantitative estimate of drug-likeness (QED) is 0.777. The maximum atomic E-state index is 12.7. The van der Waals surface area contributed by atoms with Gasteiger partial charge in [-0.2, -0.15) is 10.2 Å². The van der Waals surface area contributed by atoms with Gasteiger partial charge in [0.05, 0.1) is 18.3 Å². The molecule has 2 aromatic heterocycles. The molecule has 1 unspecified atom stereocenters. The van der Waals surface area contributed by atoms with Gasteiger partial charge in [0, 0.05) is 26.1 Å². The van der Waals surface area contributed by atoms with Crippen molar-refractivity contribution in [1.82, 2.24) is 29.9 Å². The zero-order valence-corrected chi connectivity index (χ0v) is 15.3. The number of hydrogen-bond donors (Lipinski definition) is 2. The van der Waals surface area contributed by atoms with Crippen molar-refractivity contribution < 1.29 is 9.90 Å². The molecule has 26 heavy (non-hydrogen) atoms. The standard InChI is InChI=1S/C17H25N7O2/c1-10(2)12-4-5-13-20-15(21-24(12)13)16(25)19-11-7-9-23-14(6-8-18-23)22(3)17(11)26/h6,8,10-12,16,19,25H,4-5,7,9H2,1-3H3/t11-,12+,16?/m0/s1. The molecule has 9 heteroatoms. The molecule has 0 aromatic carbocycles. The summed E-state index contributed by atoms with van der Waals surface area (Å²) in [7, 11) is 1.72. The number of aliphatic hydroxyl groups excluding tert-OH is 1. The highest BCUT2D eigenvalue weighted by atomic mass is 16.3. The third-order valence-electron chi connectivity index (χ3n) is 5.37. The first-order valence-corrected chi connectivity index (χ1v) is 9.14. The van der Waals surface area contributed by atoms with E-state index in [1.54, 1.807) is 22.8 Å². The fraction of sp³-hybridized carbons (Fsp3) is 0.647. The number of carbonyl (C=O) groups excluding carboxylic acids is 1. The Labute approximate surface area is 152 Å². The highest BCUT2D eigenvalue weighted by molar-refractivity contribution is 5.96. The Morgan fingerprint density at radius 1 is 1.35 bits per heavy atom. The Morgan fingerprint density at radius 2 is 2.15 bits per heavy atom. The molecule has 4 heterocycles. The molecule has 2 aromatic rings. The van der Waals surface area contributed by atoms with E-state index in [9.17, 15) is 9.90 Å². The van der Waals surface area contributed by atoms with Crippen LogP contribution in [0, 0.1) is 5.92 Å². The van der Waals surface area contributed by atoms with Crippen LogP contribution in [-0.2, 0) is 17.8 Å². The van der Waals surface area contributed by atoms with Crippen molar-refractivity contribution in [3.63, 3.8) is 0 Å². The van der Waals surface area contributed by atoms with E-state index in [0.717, 1.165) is 24.5 Å². The van der Waals surface area contributed by atoms with E-state index in [-0.39, 0.29) is 5.91 Å². The molecule has 1 amide bonds. The second-order valence-corrected chi connectivity index (χ2v) is 7.40. The van der Waals surface area contributed by atoms with E-state index in [0.29, 0.717) is 30.7 Å². The molecule has 0 fully saturated rings. The first-order chi connectivity index (χ1) is 12.5. The number of likely N-dealkylation sites (N-methyl/N-ethyl adjacent to an activating group) is 1. The van der Waals surface area contributed by atoms with E-state index in [2.05, 4.69) is 34.3 Å². The molecule has 2 N–H and O–H groups in total. The Morgan fingerprint density at radius 3 is 2.92 bits per heavy atom. The highest BCUT2D eigenvalue weighted by Crippen LogP contribution is 2.30. The van der Waals surface area contributed by atoms with Gasteiger partial charge in [-0.05, 0) is 18.8 Å². The van der Waals surface area contributed by atoms with Crippen molar-refractivity contribution in [2.45, 2.75) is 58.0 Å². The zero-order valence-electron chi connectivity index (χ0n) is 15.3. The number of aryl methyl sites for hydroxylation is 2. The lowest BCUT2D eigenvalue weighted by atomic mass is 10.0. The summed E-state index contributed by atoms with van der Waals surface area (Å²) in [4.78, 5) is 18.8. The maximum absolute atomic E-state index is 12.7. The van der Waals surface area contributed by atoms with Crippen molar-refractivity contribution in [2.24, 2.45) is 5.92 Å². The normalized spacial score (nSPS) is 23.9. The minimum Gasteiger partial charge on any atom is -0.371 e. The van der Waals surface area contributed by atoms with Gasteiger partial charge in [-0.15, -0.1) is 0 Å². The molecule has 0 saturated heterocycles. The molecule has 2 aliphatic heterocycles. The third kappa shape index (κ3) is 2.80. The fourth-order valence-corrected chi connectivity index (χ4v) is 3.86. The number of aliphatic hydroxyl groups is 1. The molecule has 0 radical (unpaired) electrons. The molecular formula is C17H25N7O2. The predicted octanol–water partition coefficient (Wildman–Crippen LogP) is 0.634. The number of nitrogens with one attached hydrogen (secondary N) is 1. The second-order valence-electron chi connectivity index (χ2n) is 7.40. The lowest BCUT2D eigenvalue weighted by Gasteiger charge is -2.22.